The Morgan fingerprint density at radius 2 is 1.76 bits per heavy atom. The first kappa shape index (κ1) is 15.0. The first-order valence-corrected chi connectivity index (χ1v) is 7.08. The Morgan fingerprint density at radius 1 is 1.18 bits per heavy atom. The number of hydrogen-bond donors (Lipinski definition) is 1. The van der Waals surface area contributed by atoms with E-state index in [1.165, 1.54) is 19.5 Å². The summed E-state index contributed by atoms with van der Waals surface area (Å²) >= 11 is 0. The predicted octanol–water partition coefficient (Wildman–Crippen LogP) is 3.13. The maximum atomic E-state index is 3.64. The van der Waals surface area contributed by atoms with Gasteiger partial charge in [-0.1, -0.05) is 20.8 Å². The maximum Gasteiger partial charge on any atom is 0.0116 e. The van der Waals surface area contributed by atoms with Crippen molar-refractivity contribution in [2.24, 2.45) is 11.3 Å². The summed E-state index contributed by atoms with van der Waals surface area (Å²) in [6.07, 6.45) is 1.35. The van der Waals surface area contributed by atoms with Crippen LogP contribution in [0.25, 0.3) is 0 Å². The summed E-state index contributed by atoms with van der Waals surface area (Å²) < 4.78 is 0. The minimum atomic E-state index is 0.253. The van der Waals surface area contributed by atoms with E-state index in [0.29, 0.717) is 11.5 Å². The Kier molecular flexibility index (Phi) is 4.65. The molecule has 1 aliphatic rings. The van der Waals surface area contributed by atoms with E-state index >= 15 is 0 Å². The molecule has 0 saturated carbocycles. The van der Waals surface area contributed by atoms with Gasteiger partial charge in [0.2, 0.25) is 0 Å². The third-order valence-corrected chi connectivity index (χ3v) is 4.04. The van der Waals surface area contributed by atoms with Crippen molar-refractivity contribution in [3.8, 4) is 0 Å². The summed E-state index contributed by atoms with van der Waals surface area (Å²) in [5.41, 5.74) is 0.648. The van der Waals surface area contributed by atoms with Crippen molar-refractivity contribution in [1.29, 1.82) is 0 Å². The third kappa shape index (κ3) is 4.97. The number of hydrogen-bond acceptors (Lipinski definition) is 2. The van der Waals surface area contributed by atoms with Crippen molar-refractivity contribution in [2.45, 2.75) is 66.5 Å². The molecule has 0 aromatic rings. The number of nitrogens with one attached hydrogen (secondary N) is 1. The Bertz CT molecular complexity index is 234. The fourth-order valence-corrected chi connectivity index (χ4v) is 2.38. The van der Waals surface area contributed by atoms with Crippen LogP contribution in [-0.4, -0.2) is 36.1 Å². The highest BCUT2D eigenvalue weighted by molar-refractivity contribution is 4.87. The second-order valence-corrected chi connectivity index (χ2v) is 7.82. The van der Waals surface area contributed by atoms with Gasteiger partial charge in [0.25, 0.3) is 0 Å². The smallest absolute Gasteiger partial charge is 0.0116 e. The molecular weight excluding hydrogens is 208 g/mol. The van der Waals surface area contributed by atoms with Crippen molar-refractivity contribution < 1.29 is 0 Å². The quantitative estimate of drug-likeness (QED) is 0.815. The summed E-state index contributed by atoms with van der Waals surface area (Å²) in [4.78, 5) is 2.66. The highest BCUT2D eigenvalue weighted by Gasteiger charge is 2.32. The van der Waals surface area contributed by atoms with E-state index in [0.717, 1.165) is 12.5 Å². The molecule has 17 heavy (non-hydrogen) atoms. The third-order valence-electron chi connectivity index (χ3n) is 4.04. The summed E-state index contributed by atoms with van der Waals surface area (Å²) in [5, 5.41) is 3.64. The Labute approximate surface area is 108 Å². The molecular formula is C15H32N2. The maximum absolute atomic E-state index is 3.64. The van der Waals surface area contributed by atoms with Gasteiger partial charge in [-0.3, -0.25) is 4.90 Å². The zero-order chi connectivity index (χ0) is 13.3. The molecule has 0 aromatic carbocycles. The van der Waals surface area contributed by atoms with Gasteiger partial charge in [0, 0.05) is 18.1 Å². The molecule has 2 nitrogen and oxygen atoms in total. The van der Waals surface area contributed by atoms with E-state index in [2.05, 4.69) is 58.7 Å². The minimum Gasteiger partial charge on any atom is -0.312 e. The number of rotatable bonds is 3. The predicted molar refractivity (Wildman–Crippen MR) is 76.4 cm³/mol. The van der Waals surface area contributed by atoms with Crippen LogP contribution in [0.3, 0.4) is 0 Å². The van der Waals surface area contributed by atoms with Gasteiger partial charge < -0.3 is 5.32 Å². The molecule has 2 heteroatoms. The second-order valence-electron chi connectivity index (χ2n) is 7.82. The molecule has 0 aromatic heterocycles. The van der Waals surface area contributed by atoms with Crippen LogP contribution in [0.5, 0.6) is 0 Å². The first-order valence-electron chi connectivity index (χ1n) is 7.08. The zero-order valence-corrected chi connectivity index (χ0v) is 12.9. The number of likely N-dealkylation sites (tertiary alicyclic amines) is 1. The lowest BCUT2D eigenvalue weighted by molar-refractivity contribution is 0.135. The topological polar surface area (TPSA) is 15.3 Å². The summed E-state index contributed by atoms with van der Waals surface area (Å²) in [6.45, 7) is 19.9. The van der Waals surface area contributed by atoms with E-state index in [4.69, 9.17) is 0 Å². The van der Waals surface area contributed by atoms with Crippen molar-refractivity contribution in [3.63, 3.8) is 0 Å². The highest BCUT2D eigenvalue weighted by atomic mass is 15.2. The van der Waals surface area contributed by atoms with Gasteiger partial charge in [-0.15, -0.1) is 0 Å². The SMILES string of the molecule is CC(N1CCC(CNC(C)(C)C)C1)C(C)(C)C. The van der Waals surface area contributed by atoms with Gasteiger partial charge in [0.05, 0.1) is 0 Å². The Balaban J connectivity index is 2.38. The molecule has 1 saturated heterocycles. The van der Waals surface area contributed by atoms with E-state index in [-0.39, 0.29) is 5.54 Å². The van der Waals surface area contributed by atoms with E-state index in [1.54, 1.807) is 0 Å². The van der Waals surface area contributed by atoms with E-state index < -0.39 is 0 Å². The molecule has 1 fully saturated rings. The summed E-state index contributed by atoms with van der Waals surface area (Å²) in [7, 11) is 0. The lowest BCUT2D eigenvalue weighted by Gasteiger charge is -2.35. The largest absolute Gasteiger partial charge is 0.312 e. The van der Waals surface area contributed by atoms with Gasteiger partial charge in [-0.05, 0) is 58.5 Å². The van der Waals surface area contributed by atoms with Crippen molar-refractivity contribution in [1.82, 2.24) is 10.2 Å². The number of nitrogens with zero attached hydrogens (tertiary/aromatic N) is 1. The molecule has 0 spiro atoms. The Hall–Kier alpha value is -0.0800. The zero-order valence-electron chi connectivity index (χ0n) is 12.9. The van der Waals surface area contributed by atoms with Crippen LogP contribution in [0.1, 0.15) is 54.9 Å². The normalized spacial score (nSPS) is 25.2. The van der Waals surface area contributed by atoms with Crippen LogP contribution in [0.15, 0.2) is 0 Å². The molecule has 2 atom stereocenters. The molecule has 1 rings (SSSR count). The molecule has 1 aliphatic heterocycles. The molecule has 0 amide bonds. The van der Waals surface area contributed by atoms with Crippen LogP contribution in [-0.2, 0) is 0 Å². The van der Waals surface area contributed by atoms with E-state index in [9.17, 15) is 0 Å². The minimum absolute atomic E-state index is 0.253. The fourth-order valence-electron chi connectivity index (χ4n) is 2.38. The molecule has 102 valence electrons. The average molecular weight is 240 g/mol. The van der Waals surface area contributed by atoms with Crippen LogP contribution in [0.2, 0.25) is 0 Å². The van der Waals surface area contributed by atoms with Gasteiger partial charge in [0.1, 0.15) is 0 Å². The standard InChI is InChI=1S/C15H32N2/c1-12(14(2,3)4)17-9-8-13(11-17)10-16-15(5,6)7/h12-13,16H,8-11H2,1-7H3. The summed E-state index contributed by atoms with van der Waals surface area (Å²) in [6, 6.07) is 0.683. The van der Waals surface area contributed by atoms with Gasteiger partial charge >= 0.3 is 0 Å². The van der Waals surface area contributed by atoms with Gasteiger partial charge in [0.15, 0.2) is 0 Å². The molecule has 0 bridgehead atoms. The van der Waals surface area contributed by atoms with Gasteiger partial charge in [-0.25, -0.2) is 0 Å². The monoisotopic (exact) mass is 240 g/mol. The molecule has 2 unspecified atom stereocenters. The van der Waals surface area contributed by atoms with Gasteiger partial charge in [-0.2, -0.15) is 0 Å². The molecule has 1 N–H and O–H groups in total. The molecule has 0 aliphatic carbocycles. The van der Waals surface area contributed by atoms with Crippen LogP contribution < -0.4 is 5.32 Å². The Morgan fingerprint density at radius 3 is 2.24 bits per heavy atom. The first-order chi connectivity index (χ1) is 7.59. The lowest BCUT2D eigenvalue weighted by atomic mass is 9.87. The summed E-state index contributed by atoms with van der Waals surface area (Å²) in [5.74, 6) is 0.832. The second kappa shape index (κ2) is 5.27. The fraction of sp³-hybridized carbons (Fsp3) is 1.00. The van der Waals surface area contributed by atoms with Crippen LogP contribution in [0.4, 0.5) is 0 Å². The van der Waals surface area contributed by atoms with Crippen molar-refractivity contribution in [3.05, 3.63) is 0 Å². The highest BCUT2D eigenvalue weighted by Crippen LogP contribution is 2.28. The van der Waals surface area contributed by atoms with Crippen molar-refractivity contribution in [2.75, 3.05) is 19.6 Å². The molecule has 0 radical (unpaired) electrons. The molecule has 1 heterocycles. The van der Waals surface area contributed by atoms with Crippen LogP contribution >= 0.6 is 0 Å². The lowest BCUT2D eigenvalue weighted by Crippen LogP contribution is -2.42. The average Bonchev–Trinajstić information content (AvgIpc) is 2.59. The van der Waals surface area contributed by atoms with Crippen molar-refractivity contribution >= 4 is 0 Å². The van der Waals surface area contributed by atoms with Crippen LogP contribution in [0, 0.1) is 11.3 Å². The van der Waals surface area contributed by atoms with E-state index in [1.807, 2.05) is 0 Å².